The van der Waals surface area contributed by atoms with Crippen LogP contribution in [0.25, 0.3) is 0 Å². The largest absolute Gasteiger partial charge is 0.444 e. The van der Waals surface area contributed by atoms with Crippen molar-refractivity contribution in [1.82, 2.24) is 10.6 Å². The lowest BCUT2D eigenvalue weighted by molar-refractivity contribution is 0.0509. The van der Waals surface area contributed by atoms with Gasteiger partial charge in [-0.25, -0.2) is 4.79 Å². The zero-order valence-electron chi connectivity index (χ0n) is 14.0. The number of alkyl carbamates (subject to hydrolysis) is 1. The predicted octanol–water partition coefficient (Wildman–Crippen LogP) is 2.14. The van der Waals surface area contributed by atoms with E-state index in [9.17, 15) is 9.90 Å². The minimum Gasteiger partial charge on any atom is -0.444 e. The Bertz CT molecular complexity index is 290. The molecule has 0 aliphatic heterocycles. The van der Waals surface area contributed by atoms with Crippen molar-refractivity contribution in [2.45, 2.75) is 59.7 Å². The Kier molecular flexibility index (Phi) is 7.52. The standard InChI is InChI=1S/C15H32N2O3/c1-11(2)12(8-16-10-15(6,7)19)9-17-13(18)20-14(3,4)5/h11-12,16,19H,8-10H2,1-7H3,(H,17,18). The van der Waals surface area contributed by atoms with E-state index in [0.29, 0.717) is 24.9 Å². The number of hydrogen-bond acceptors (Lipinski definition) is 4. The zero-order chi connectivity index (χ0) is 16.0. The summed E-state index contributed by atoms with van der Waals surface area (Å²) in [6.45, 7) is 15.1. The third-order valence-corrected chi connectivity index (χ3v) is 2.81. The predicted molar refractivity (Wildman–Crippen MR) is 81.7 cm³/mol. The first-order chi connectivity index (χ1) is 8.91. The van der Waals surface area contributed by atoms with E-state index in [1.54, 1.807) is 13.8 Å². The molecule has 0 saturated heterocycles. The van der Waals surface area contributed by atoms with Crippen LogP contribution in [0.4, 0.5) is 4.79 Å². The molecule has 0 rings (SSSR count). The van der Waals surface area contributed by atoms with Gasteiger partial charge in [-0.15, -0.1) is 0 Å². The molecule has 1 unspecified atom stereocenters. The number of carbonyl (C=O) groups is 1. The molecule has 0 fully saturated rings. The van der Waals surface area contributed by atoms with Crippen molar-refractivity contribution >= 4 is 6.09 Å². The molecule has 20 heavy (non-hydrogen) atoms. The van der Waals surface area contributed by atoms with Gasteiger partial charge in [0.25, 0.3) is 0 Å². The van der Waals surface area contributed by atoms with Gasteiger partial charge in [0.1, 0.15) is 5.60 Å². The van der Waals surface area contributed by atoms with Crippen molar-refractivity contribution in [3.05, 3.63) is 0 Å². The second kappa shape index (κ2) is 7.84. The molecule has 0 aromatic heterocycles. The van der Waals surface area contributed by atoms with Gasteiger partial charge in [-0.1, -0.05) is 13.8 Å². The summed E-state index contributed by atoms with van der Waals surface area (Å²) in [5.74, 6) is 0.726. The molecule has 1 amide bonds. The van der Waals surface area contributed by atoms with E-state index in [-0.39, 0.29) is 6.09 Å². The number of rotatable bonds is 7. The lowest BCUT2D eigenvalue weighted by Gasteiger charge is -2.25. The van der Waals surface area contributed by atoms with E-state index < -0.39 is 11.2 Å². The number of aliphatic hydroxyl groups is 1. The van der Waals surface area contributed by atoms with E-state index in [2.05, 4.69) is 24.5 Å². The normalized spacial score (nSPS) is 14.2. The van der Waals surface area contributed by atoms with Crippen LogP contribution in [-0.2, 0) is 4.74 Å². The van der Waals surface area contributed by atoms with E-state index in [1.807, 2.05) is 20.8 Å². The Morgan fingerprint density at radius 1 is 1.15 bits per heavy atom. The van der Waals surface area contributed by atoms with Crippen LogP contribution >= 0.6 is 0 Å². The van der Waals surface area contributed by atoms with Crippen LogP contribution in [0.1, 0.15) is 48.5 Å². The van der Waals surface area contributed by atoms with Crippen LogP contribution in [-0.4, -0.2) is 42.0 Å². The van der Waals surface area contributed by atoms with Crippen LogP contribution in [0.2, 0.25) is 0 Å². The summed E-state index contributed by atoms with van der Waals surface area (Å²) >= 11 is 0. The molecule has 0 saturated carbocycles. The Balaban J connectivity index is 4.13. The van der Waals surface area contributed by atoms with Crippen LogP contribution in [0.5, 0.6) is 0 Å². The smallest absolute Gasteiger partial charge is 0.407 e. The molecular weight excluding hydrogens is 256 g/mol. The number of amides is 1. The highest BCUT2D eigenvalue weighted by Crippen LogP contribution is 2.11. The monoisotopic (exact) mass is 288 g/mol. The van der Waals surface area contributed by atoms with Crippen LogP contribution in [0.3, 0.4) is 0 Å². The minimum atomic E-state index is -0.722. The number of hydrogen-bond donors (Lipinski definition) is 3. The molecule has 0 aliphatic rings. The third kappa shape index (κ3) is 11.1. The van der Waals surface area contributed by atoms with E-state index in [4.69, 9.17) is 4.74 Å². The first kappa shape index (κ1) is 19.2. The second-order valence-corrected chi connectivity index (χ2v) is 7.33. The topological polar surface area (TPSA) is 70.6 Å². The van der Waals surface area contributed by atoms with Gasteiger partial charge in [0, 0.05) is 13.1 Å². The number of ether oxygens (including phenoxy) is 1. The molecule has 1 atom stereocenters. The molecule has 0 aromatic rings. The van der Waals surface area contributed by atoms with Crippen molar-refractivity contribution in [3.63, 3.8) is 0 Å². The van der Waals surface area contributed by atoms with Gasteiger partial charge in [0.2, 0.25) is 0 Å². The molecular formula is C15H32N2O3. The Morgan fingerprint density at radius 2 is 1.70 bits per heavy atom. The minimum absolute atomic E-state index is 0.296. The summed E-state index contributed by atoms with van der Waals surface area (Å²) in [4.78, 5) is 11.6. The average Bonchev–Trinajstić information content (AvgIpc) is 2.18. The van der Waals surface area contributed by atoms with Gasteiger partial charge >= 0.3 is 6.09 Å². The maximum atomic E-state index is 11.6. The lowest BCUT2D eigenvalue weighted by Crippen LogP contribution is -2.42. The molecule has 0 aromatic carbocycles. The van der Waals surface area contributed by atoms with Crippen molar-refractivity contribution in [2.24, 2.45) is 11.8 Å². The summed E-state index contributed by atoms with van der Waals surface area (Å²) in [6.07, 6.45) is -0.384. The van der Waals surface area contributed by atoms with Crippen LogP contribution in [0.15, 0.2) is 0 Å². The van der Waals surface area contributed by atoms with Gasteiger partial charge in [-0.3, -0.25) is 0 Å². The fourth-order valence-electron chi connectivity index (χ4n) is 1.64. The quantitative estimate of drug-likeness (QED) is 0.671. The van der Waals surface area contributed by atoms with Crippen molar-refractivity contribution in [3.8, 4) is 0 Å². The molecule has 5 nitrogen and oxygen atoms in total. The highest BCUT2D eigenvalue weighted by atomic mass is 16.6. The zero-order valence-corrected chi connectivity index (χ0v) is 14.0. The van der Waals surface area contributed by atoms with Gasteiger partial charge in [0.05, 0.1) is 5.60 Å². The summed E-state index contributed by atoms with van der Waals surface area (Å²) in [5, 5.41) is 15.7. The first-order valence-electron chi connectivity index (χ1n) is 7.30. The van der Waals surface area contributed by atoms with Crippen LogP contribution < -0.4 is 10.6 Å². The lowest BCUT2D eigenvalue weighted by atomic mass is 9.95. The Labute approximate surface area is 123 Å². The molecule has 0 aliphatic carbocycles. The van der Waals surface area contributed by atoms with Crippen molar-refractivity contribution in [2.75, 3.05) is 19.6 Å². The SMILES string of the molecule is CC(C)C(CNCC(C)(C)O)CNC(=O)OC(C)(C)C. The van der Waals surface area contributed by atoms with E-state index in [1.165, 1.54) is 0 Å². The second-order valence-electron chi connectivity index (χ2n) is 7.33. The molecule has 3 N–H and O–H groups in total. The van der Waals surface area contributed by atoms with Crippen LogP contribution in [0, 0.1) is 11.8 Å². The third-order valence-electron chi connectivity index (χ3n) is 2.81. The fourth-order valence-corrected chi connectivity index (χ4v) is 1.64. The molecule has 0 heterocycles. The molecule has 5 heteroatoms. The van der Waals surface area contributed by atoms with Crippen molar-refractivity contribution < 1.29 is 14.6 Å². The average molecular weight is 288 g/mol. The van der Waals surface area contributed by atoms with Gasteiger partial charge in [0.15, 0.2) is 0 Å². The van der Waals surface area contributed by atoms with E-state index >= 15 is 0 Å². The first-order valence-corrected chi connectivity index (χ1v) is 7.30. The van der Waals surface area contributed by atoms with Gasteiger partial charge < -0.3 is 20.5 Å². The molecule has 0 spiro atoms. The number of carbonyl (C=O) groups excluding carboxylic acids is 1. The van der Waals surface area contributed by atoms with Gasteiger partial charge in [-0.2, -0.15) is 0 Å². The molecule has 0 radical (unpaired) electrons. The van der Waals surface area contributed by atoms with Gasteiger partial charge in [-0.05, 0) is 53.0 Å². The fraction of sp³-hybridized carbons (Fsp3) is 0.933. The maximum absolute atomic E-state index is 11.6. The van der Waals surface area contributed by atoms with E-state index in [0.717, 1.165) is 6.54 Å². The highest BCUT2D eigenvalue weighted by molar-refractivity contribution is 5.67. The molecule has 0 bridgehead atoms. The maximum Gasteiger partial charge on any atom is 0.407 e. The Hall–Kier alpha value is -0.810. The number of nitrogens with one attached hydrogen (secondary N) is 2. The van der Waals surface area contributed by atoms with Crippen molar-refractivity contribution in [1.29, 1.82) is 0 Å². The molecule has 120 valence electrons. The summed E-state index contributed by atoms with van der Waals surface area (Å²) in [5.41, 5.74) is -1.20. The summed E-state index contributed by atoms with van der Waals surface area (Å²) in [6, 6.07) is 0. The Morgan fingerprint density at radius 3 is 2.10 bits per heavy atom. The summed E-state index contributed by atoms with van der Waals surface area (Å²) < 4.78 is 5.22. The summed E-state index contributed by atoms with van der Waals surface area (Å²) in [7, 11) is 0. The highest BCUT2D eigenvalue weighted by Gasteiger charge is 2.20.